The Hall–Kier alpha value is -3.92. The molecule has 30 heavy (non-hydrogen) atoms. The van der Waals surface area contributed by atoms with Gasteiger partial charge in [-0.3, -0.25) is 0 Å². The fourth-order valence-corrected chi connectivity index (χ4v) is 3.45. The first-order valence-corrected chi connectivity index (χ1v) is 9.43. The van der Waals surface area contributed by atoms with Gasteiger partial charge in [0.1, 0.15) is 11.6 Å². The summed E-state index contributed by atoms with van der Waals surface area (Å²) in [7, 11) is 1.62. The third-order valence-corrected chi connectivity index (χ3v) is 5.03. The number of rotatable bonds is 5. The van der Waals surface area contributed by atoms with Crippen LogP contribution in [-0.2, 0) is 0 Å². The Morgan fingerprint density at radius 2 is 1.60 bits per heavy atom. The Balaban J connectivity index is 1.79. The molecule has 0 amide bonds. The number of ether oxygens (including phenoxy) is 1. The number of hydrogen-bond acceptors (Lipinski definition) is 2. The molecule has 0 spiro atoms. The minimum absolute atomic E-state index is 0.204. The molecule has 0 radical (unpaired) electrons. The van der Waals surface area contributed by atoms with Crippen LogP contribution in [0.3, 0.4) is 0 Å². The minimum Gasteiger partial charge on any atom is -0.497 e. The highest BCUT2D eigenvalue weighted by molar-refractivity contribution is 5.97. The Morgan fingerprint density at radius 1 is 0.867 bits per heavy atom. The van der Waals surface area contributed by atoms with Gasteiger partial charge >= 0.3 is 5.97 Å². The second kappa shape index (κ2) is 8.21. The summed E-state index contributed by atoms with van der Waals surface area (Å²) in [5.74, 6) is -0.555. The molecule has 0 aliphatic heterocycles. The zero-order valence-electron chi connectivity index (χ0n) is 16.3. The molecule has 0 aliphatic carbocycles. The number of carboxylic acid groups (broad SMARTS) is 1. The predicted molar refractivity (Wildman–Crippen MR) is 118 cm³/mol. The standard InChI is InChI=1S/C26H19FO3/c1-30-23-13-9-19-4-2-3-18(25(19)16-23)5-6-21-15-20(10-14-24(21)26(28)29)17-7-11-22(27)12-8-17/h2-16H,1H3,(H,28,29). The fourth-order valence-electron chi connectivity index (χ4n) is 3.45. The Labute approximate surface area is 173 Å². The van der Waals surface area contributed by atoms with Gasteiger partial charge in [-0.25, -0.2) is 9.18 Å². The molecule has 4 aromatic carbocycles. The number of carbonyl (C=O) groups is 1. The zero-order chi connectivity index (χ0) is 21.1. The van der Waals surface area contributed by atoms with Crippen LogP contribution in [0.25, 0.3) is 34.1 Å². The molecule has 0 atom stereocenters. The lowest BCUT2D eigenvalue weighted by atomic mass is 9.97. The van der Waals surface area contributed by atoms with Gasteiger partial charge in [0.15, 0.2) is 0 Å². The molecule has 0 unspecified atom stereocenters. The van der Waals surface area contributed by atoms with E-state index in [-0.39, 0.29) is 11.4 Å². The summed E-state index contributed by atoms with van der Waals surface area (Å²) >= 11 is 0. The van der Waals surface area contributed by atoms with Gasteiger partial charge in [0.05, 0.1) is 12.7 Å². The summed E-state index contributed by atoms with van der Waals surface area (Å²) in [6, 6.07) is 23.1. The van der Waals surface area contributed by atoms with Crippen molar-refractivity contribution in [3.63, 3.8) is 0 Å². The average molecular weight is 398 g/mol. The van der Waals surface area contributed by atoms with E-state index in [9.17, 15) is 14.3 Å². The van der Waals surface area contributed by atoms with Crippen molar-refractivity contribution >= 4 is 28.9 Å². The van der Waals surface area contributed by atoms with E-state index in [1.54, 1.807) is 43.5 Å². The maximum absolute atomic E-state index is 13.2. The number of methoxy groups -OCH3 is 1. The van der Waals surface area contributed by atoms with Crippen LogP contribution in [0.5, 0.6) is 5.75 Å². The lowest BCUT2D eigenvalue weighted by Gasteiger charge is -2.08. The largest absolute Gasteiger partial charge is 0.497 e. The first kappa shape index (κ1) is 19.4. The van der Waals surface area contributed by atoms with Gasteiger partial charge in [0, 0.05) is 0 Å². The van der Waals surface area contributed by atoms with E-state index in [0.29, 0.717) is 5.56 Å². The Bertz CT molecular complexity index is 1260. The minimum atomic E-state index is -1.00. The second-order valence-electron chi connectivity index (χ2n) is 6.88. The van der Waals surface area contributed by atoms with Gasteiger partial charge in [0.2, 0.25) is 0 Å². The van der Waals surface area contributed by atoms with Crippen molar-refractivity contribution in [3.8, 4) is 16.9 Å². The molecule has 0 bridgehead atoms. The summed E-state index contributed by atoms with van der Waals surface area (Å²) in [6.07, 6.45) is 3.70. The summed E-state index contributed by atoms with van der Waals surface area (Å²) < 4.78 is 18.6. The lowest BCUT2D eigenvalue weighted by molar-refractivity contribution is 0.0696. The van der Waals surface area contributed by atoms with Crippen molar-refractivity contribution in [1.29, 1.82) is 0 Å². The second-order valence-corrected chi connectivity index (χ2v) is 6.88. The van der Waals surface area contributed by atoms with Gasteiger partial charge < -0.3 is 9.84 Å². The van der Waals surface area contributed by atoms with Gasteiger partial charge in [0.25, 0.3) is 0 Å². The predicted octanol–water partition coefficient (Wildman–Crippen LogP) is 6.52. The van der Waals surface area contributed by atoms with Crippen LogP contribution in [0.4, 0.5) is 4.39 Å². The van der Waals surface area contributed by atoms with Crippen molar-refractivity contribution in [2.45, 2.75) is 0 Å². The Kier molecular flexibility index (Phi) is 5.31. The molecule has 148 valence electrons. The van der Waals surface area contributed by atoms with Gasteiger partial charge in [-0.15, -0.1) is 0 Å². The van der Waals surface area contributed by atoms with E-state index in [1.807, 2.05) is 42.5 Å². The maximum Gasteiger partial charge on any atom is 0.336 e. The topological polar surface area (TPSA) is 46.5 Å². The van der Waals surface area contributed by atoms with Crippen LogP contribution >= 0.6 is 0 Å². The lowest BCUT2D eigenvalue weighted by Crippen LogP contribution is -1.99. The van der Waals surface area contributed by atoms with Crippen molar-refractivity contribution < 1.29 is 19.0 Å². The molecule has 4 heteroatoms. The van der Waals surface area contributed by atoms with Crippen LogP contribution in [0, 0.1) is 5.82 Å². The molecule has 0 fully saturated rings. The summed E-state index contributed by atoms with van der Waals surface area (Å²) in [4.78, 5) is 11.7. The van der Waals surface area contributed by atoms with Crippen LogP contribution < -0.4 is 4.74 Å². The van der Waals surface area contributed by atoms with Crippen LogP contribution in [0.1, 0.15) is 21.5 Å². The van der Waals surface area contributed by atoms with Gasteiger partial charge in [-0.05, 0) is 69.4 Å². The number of fused-ring (bicyclic) bond motifs is 1. The first-order chi connectivity index (χ1) is 14.5. The van der Waals surface area contributed by atoms with E-state index < -0.39 is 5.97 Å². The quantitative estimate of drug-likeness (QED) is 0.389. The molecule has 3 nitrogen and oxygen atoms in total. The van der Waals surface area contributed by atoms with Gasteiger partial charge in [-0.1, -0.05) is 54.6 Å². The normalized spacial score (nSPS) is 11.1. The number of halogens is 1. The maximum atomic E-state index is 13.2. The molecule has 0 saturated heterocycles. The summed E-state index contributed by atoms with van der Waals surface area (Å²) in [5.41, 5.74) is 3.37. The van der Waals surface area contributed by atoms with Crippen LogP contribution in [0.15, 0.2) is 78.9 Å². The van der Waals surface area contributed by atoms with E-state index in [1.165, 1.54) is 12.1 Å². The van der Waals surface area contributed by atoms with Crippen molar-refractivity contribution in [2.24, 2.45) is 0 Å². The van der Waals surface area contributed by atoms with Crippen LogP contribution in [-0.4, -0.2) is 18.2 Å². The SMILES string of the molecule is COc1ccc2cccc(C=Cc3cc(-c4ccc(F)cc4)ccc3C(=O)O)c2c1. The fraction of sp³-hybridized carbons (Fsp3) is 0.0385. The number of hydrogen-bond donors (Lipinski definition) is 1. The molecule has 0 aromatic heterocycles. The van der Waals surface area contributed by atoms with Gasteiger partial charge in [-0.2, -0.15) is 0 Å². The highest BCUT2D eigenvalue weighted by Gasteiger charge is 2.10. The summed E-state index contributed by atoms with van der Waals surface area (Å²) in [5, 5.41) is 11.7. The molecule has 0 saturated carbocycles. The molecular weight excluding hydrogens is 379 g/mol. The number of benzene rings is 4. The van der Waals surface area contributed by atoms with Crippen molar-refractivity contribution in [2.75, 3.05) is 7.11 Å². The third-order valence-electron chi connectivity index (χ3n) is 5.03. The zero-order valence-corrected chi connectivity index (χ0v) is 16.3. The highest BCUT2D eigenvalue weighted by atomic mass is 19.1. The van der Waals surface area contributed by atoms with E-state index >= 15 is 0 Å². The van der Waals surface area contributed by atoms with Crippen molar-refractivity contribution in [1.82, 2.24) is 0 Å². The molecule has 1 N–H and O–H groups in total. The van der Waals surface area contributed by atoms with Crippen molar-refractivity contribution in [3.05, 3.63) is 101 Å². The highest BCUT2D eigenvalue weighted by Crippen LogP contribution is 2.28. The molecule has 4 aromatic rings. The monoisotopic (exact) mass is 398 g/mol. The smallest absolute Gasteiger partial charge is 0.336 e. The van der Waals surface area contributed by atoms with E-state index in [0.717, 1.165) is 33.2 Å². The van der Waals surface area contributed by atoms with E-state index in [4.69, 9.17) is 4.74 Å². The first-order valence-electron chi connectivity index (χ1n) is 9.43. The van der Waals surface area contributed by atoms with E-state index in [2.05, 4.69) is 0 Å². The number of carboxylic acids is 1. The molecule has 4 rings (SSSR count). The molecule has 0 aliphatic rings. The number of aromatic carboxylic acids is 1. The Morgan fingerprint density at radius 3 is 2.33 bits per heavy atom. The average Bonchev–Trinajstić information content (AvgIpc) is 2.77. The van der Waals surface area contributed by atoms with Crippen LogP contribution in [0.2, 0.25) is 0 Å². The summed E-state index contributed by atoms with van der Waals surface area (Å²) in [6.45, 7) is 0. The molecular formula is C26H19FO3. The third kappa shape index (κ3) is 3.94. The molecule has 0 heterocycles.